The van der Waals surface area contributed by atoms with E-state index in [0.717, 1.165) is 17.4 Å². The normalized spacial score (nSPS) is 15.2. The van der Waals surface area contributed by atoms with E-state index in [0.29, 0.717) is 42.0 Å². The van der Waals surface area contributed by atoms with Crippen molar-refractivity contribution in [3.8, 4) is 17.0 Å². The van der Waals surface area contributed by atoms with Gasteiger partial charge < -0.3 is 19.6 Å². The molecule has 0 bridgehead atoms. The number of alkyl halides is 3. The highest BCUT2D eigenvalue weighted by molar-refractivity contribution is 6.00. The number of benzene rings is 2. The third-order valence-electron chi connectivity index (χ3n) is 7.73. The molecule has 0 unspecified atom stereocenters. The van der Waals surface area contributed by atoms with E-state index in [2.05, 4.69) is 15.0 Å². The van der Waals surface area contributed by atoms with Crippen molar-refractivity contribution in [2.24, 2.45) is 0 Å². The summed E-state index contributed by atoms with van der Waals surface area (Å²) in [5.41, 5.74) is 1.34. The molecule has 0 aliphatic carbocycles. The van der Waals surface area contributed by atoms with Gasteiger partial charge in [-0.2, -0.15) is 18.3 Å². The van der Waals surface area contributed by atoms with Crippen LogP contribution in [0.4, 0.5) is 18.9 Å². The highest BCUT2D eigenvalue weighted by Crippen LogP contribution is 2.37. The summed E-state index contributed by atoms with van der Waals surface area (Å²) in [7, 11) is 5.40. The quantitative estimate of drug-likeness (QED) is 0.348. The van der Waals surface area contributed by atoms with Crippen LogP contribution in [0.2, 0.25) is 0 Å². The van der Waals surface area contributed by atoms with Crippen LogP contribution in [0.25, 0.3) is 16.9 Å². The van der Waals surface area contributed by atoms with Gasteiger partial charge in [-0.15, -0.1) is 0 Å². The predicted octanol–water partition coefficient (Wildman–Crippen LogP) is 4.29. The van der Waals surface area contributed by atoms with Gasteiger partial charge in [0.2, 0.25) is 0 Å². The van der Waals surface area contributed by atoms with Gasteiger partial charge >= 0.3 is 6.18 Å². The Balaban J connectivity index is 1.43. The number of aliphatic hydroxyl groups is 1. The molecule has 1 N–H and O–H groups in total. The Kier molecular flexibility index (Phi) is 8.11. The lowest BCUT2D eigenvalue weighted by atomic mass is 10.0. The summed E-state index contributed by atoms with van der Waals surface area (Å²) in [5.74, 6) is 0.117. The topological polar surface area (TPSA) is 86.4 Å². The van der Waals surface area contributed by atoms with Crippen LogP contribution in [0.3, 0.4) is 0 Å². The van der Waals surface area contributed by atoms with Crippen LogP contribution in [-0.2, 0) is 6.18 Å². The minimum absolute atomic E-state index is 0.00102. The second-order valence-corrected chi connectivity index (χ2v) is 10.5. The van der Waals surface area contributed by atoms with Gasteiger partial charge in [0.15, 0.2) is 11.3 Å². The molecule has 0 radical (unpaired) electrons. The number of hydrogen-bond donors (Lipinski definition) is 1. The fraction of sp³-hybridized carbons (Fsp3) is 0.367. The first kappa shape index (κ1) is 29.3. The van der Waals surface area contributed by atoms with Crippen LogP contribution in [0, 0.1) is 6.92 Å². The van der Waals surface area contributed by atoms with Crippen molar-refractivity contribution in [1.29, 1.82) is 0 Å². The summed E-state index contributed by atoms with van der Waals surface area (Å²) in [5, 5.41) is 14.2. The Morgan fingerprint density at radius 2 is 1.79 bits per heavy atom. The molecular weight excluding hydrogens is 549 g/mol. The first-order chi connectivity index (χ1) is 20.0. The molecule has 1 aliphatic rings. The summed E-state index contributed by atoms with van der Waals surface area (Å²) in [4.78, 5) is 23.9. The van der Waals surface area contributed by atoms with Crippen molar-refractivity contribution in [1.82, 2.24) is 24.4 Å². The number of anilines is 1. The zero-order valence-electron chi connectivity index (χ0n) is 23.9. The monoisotopic (exact) mass is 582 g/mol. The van der Waals surface area contributed by atoms with Crippen molar-refractivity contribution >= 4 is 17.2 Å². The molecule has 2 aromatic heterocycles. The fourth-order valence-electron chi connectivity index (χ4n) is 5.44. The third kappa shape index (κ3) is 5.51. The number of nitrogens with zero attached hydrogens (tertiary/aromatic N) is 6. The maximum atomic E-state index is 14.3. The van der Waals surface area contributed by atoms with Crippen molar-refractivity contribution in [2.75, 3.05) is 58.9 Å². The van der Waals surface area contributed by atoms with Crippen molar-refractivity contribution in [2.45, 2.75) is 19.1 Å². The molecule has 0 saturated carbocycles. The van der Waals surface area contributed by atoms with Crippen LogP contribution < -0.4 is 9.64 Å². The summed E-state index contributed by atoms with van der Waals surface area (Å²) in [6, 6.07) is 14.2. The summed E-state index contributed by atoms with van der Waals surface area (Å²) >= 11 is 0. The average Bonchev–Trinajstić information content (AvgIpc) is 3.39. The Morgan fingerprint density at radius 1 is 1.10 bits per heavy atom. The molecule has 1 amide bonds. The molecule has 12 heteroatoms. The smallest absolute Gasteiger partial charge is 0.433 e. The highest BCUT2D eigenvalue weighted by Gasteiger charge is 2.39. The van der Waals surface area contributed by atoms with Crippen molar-refractivity contribution < 1.29 is 27.8 Å². The number of hydrogen-bond acceptors (Lipinski definition) is 7. The lowest BCUT2D eigenvalue weighted by molar-refractivity contribution is -0.143. The molecule has 4 aromatic rings. The van der Waals surface area contributed by atoms with E-state index in [-0.39, 0.29) is 35.1 Å². The number of carbonyl (C=O) groups excluding carboxylic acids is 1. The Bertz CT molecular complexity index is 1580. The number of rotatable bonds is 7. The maximum absolute atomic E-state index is 14.3. The van der Waals surface area contributed by atoms with E-state index < -0.39 is 17.8 Å². The SMILES string of the molecule is COc1ccc(-c2nc3c(C(=O)N4CCN([C@H](CO)c5cccc(N(C)C)c5)CC4)cnn3c(C(F)(F)F)c2C)cc1. The highest BCUT2D eigenvalue weighted by atomic mass is 19.4. The summed E-state index contributed by atoms with van der Waals surface area (Å²) in [6.07, 6.45) is -3.57. The van der Waals surface area contributed by atoms with E-state index in [1.165, 1.54) is 14.0 Å². The number of carbonyl (C=O) groups is 1. The minimum atomic E-state index is -4.73. The molecule has 222 valence electrons. The second kappa shape index (κ2) is 11.6. The molecule has 1 aliphatic heterocycles. The number of halogens is 3. The van der Waals surface area contributed by atoms with Gasteiger partial charge in [0.1, 0.15) is 11.3 Å². The molecule has 1 saturated heterocycles. The van der Waals surface area contributed by atoms with Crippen molar-refractivity contribution in [3.63, 3.8) is 0 Å². The number of fused-ring (bicyclic) bond motifs is 1. The van der Waals surface area contributed by atoms with E-state index in [4.69, 9.17) is 4.74 Å². The van der Waals surface area contributed by atoms with E-state index in [1.807, 2.05) is 43.3 Å². The van der Waals surface area contributed by atoms with Crippen LogP contribution >= 0.6 is 0 Å². The first-order valence-electron chi connectivity index (χ1n) is 13.5. The molecule has 0 spiro atoms. The van der Waals surface area contributed by atoms with E-state index in [9.17, 15) is 23.1 Å². The summed E-state index contributed by atoms with van der Waals surface area (Å²) in [6.45, 7) is 2.91. The van der Waals surface area contributed by atoms with E-state index in [1.54, 1.807) is 29.2 Å². The Hall–Kier alpha value is -4.16. The van der Waals surface area contributed by atoms with Gasteiger partial charge in [-0.05, 0) is 48.9 Å². The average molecular weight is 583 g/mol. The Morgan fingerprint density at radius 3 is 2.38 bits per heavy atom. The van der Waals surface area contributed by atoms with Crippen LogP contribution in [-0.4, -0.2) is 89.4 Å². The number of piperazine rings is 1. The van der Waals surface area contributed by atoms with Crippen LogP contribution in [0.1, 0.15) is 33.2 Å². The molecule has 2 aromatic carbocycles. The van der Waals surface area contributed by atoms with Crippen LogP contribution in [0.5, 0.6) is 5.75 Å². The second-order valence-electron chi connectivity index (χ2n) is 10.5. The first-order valence-corrected chi connectivity index (χ1v) is 13.5. The zero-order chi connectivity index (χ0) is 30.2. The molecule has 9 nitrogen and oxygen atoms in total. The number of amides is 1. The van der Waals surface area contributed by atoms with Gasteiger partial charge in [-0.25, -0.2) is 9.50 Å². The van der Waals surface area contributed by atoms with Crippen LogP contribution in [0.15, 0.2) is 54.7 Å². The maximum Gasteiger partial charge on any atom is 0.433 e. The number of aromatic nitrogens is 3. The lowest BCUT2D eigenvalue weighted by Crippen LogP contribution is -2.50. The molecule has 3 heterocycles. The summed E-state index contributed by atoms with van der Waals surface area (Å²) < 4.78 is 48.7. The predicted molar refractivity (Wildman–Crippen MR) is 153 cm³/mol. The van der Waals surface area contributed by atoms with Gasteiger partial charge in [-0.1, -0.05) is 12.1 Å². The van der Waals surface area contributed by atoms with Gasteiger partial charge in [0.25, 0.3) is 5.91 Å². The zero-order valence-corrected chi connectivity index (χ0v) is 23.9. The Labute approximate surface area is 241 Å². The van der Waals surface area contributed by atoms with Gasteiger partial charge in [-0.3, -0.25) is 9.69 Å². The third-order valence-corrected chi connectivity index (χ3v) is 7.73. The lowest BCUT2D eigenvalue weighted by Gasteiger charge is -2.39. The van der Waals surface area contributed by atoms with Gasteiger partial charge in [0.05, 0.1) is 31.6 Å². The van der Waals surface area contributed by atoms with Crippen molar-refractivity contribution in [3.05, 3.63) is 77.1 Å². The number of ether oxygens (including phenoxy) is 1. The molecule has 1 atom stereocenters. The molecule has 1 fully saturated rings. The van der Waals surface area contributed by atoms with Gasteiger partial charge in [0, 0.05) is 57.1 Å². The number of aliphatic hydroxyl groups excluding tert-OH is 1. The molecule has 5 rings (SSSR count). The minimum Gasteiger partial charge on any atom is -0.497 e. The standard InChI is InChI=1S/C30H33F3N6O3/c1-19-26(20-8-10-23(42-4)11-9-20)35-28-24(17-34-39(28)27(19)30(31,32)33)29(41)38-14-12-37(13-15-38)25(18-40)21-6-5-7-22(16-21)36(2)3/h5-11,16-17,25,40H,12-15,18H2,1-4H3/t25-/m1/s1. The molecular formula is C30H33F3N6O3. The van der Waals surface area contributed by atoms with E-state index >= 15 is 0 Å². The molecule has 42 heavy (non-hydrogen) atoms. The number of methoxy groups -OCH3 is 1. The largest absolute Gasteiger partial charge is 0.497 e. The fourth-order valence-corrected chi connectivity index (χ4v) is 5.44.